The Morgan fingerprint density at radius 2 is 2.00 bits per heavy atom. The highest BCUT2D eigenvalue weighted by Crippen LogP contribution is 2.21. The summed E-state index contributed by atoms with van der Waals surface area (Å²) in [5.41, 5.74) is 2.29. The summed E-state index contributed by atoms with van der Waals surface area (Å²) < 4.78 is 14.2. The van der Waals surface area contributed by atoms with E-state index in [2.05, 4.69) is 4.98 Å². The molecule has 1 aromatic heterocycles. The standard InChI is InChI=1S/C12H10FNS/c1-8-2-3-11(13)10(6-8)12-7-9(15)4-5-14-12/h2-7H,1H3,(H,14,15). The Kier molecular flexibility index (Phi) is 2.64. The predicted molar refractivity (Wildman–Crippen MR) is 61.8 cm³/mol. The van der Waals surface area contributed by atoms with Crippen LogP contribution < -0.4 is 0 Å². The van der Waals surface area contributed by atoms with Gasteiger partial charge in [-0.2, -0.15) is 0 Å². The fourth-order valence-corrected chi connectivity index (χ4v) is 1.63. The molecule has 0 unspecified atom stereocenters. The smallest absolute Gasteiger partial charge is 0.132 e. The molecule has 3 heteroatoms. The lowest BCUT2D eigenvalue weighted by molar-refractivity contribution is 0.630. The van der Waals surface area contributed by atoms with Crippen LogP contribution in [-0.2, 0) is 0 Å². The highest BCUT2D eigenvalue weighted by molar-refractivity contribution is 7.71. The number of pyridine rings is 1. The first-order valence-corrected chi connectivity index (χ1v) is 5.03. The molecule has 1 N–H and O–H groups in total. The van der Waals surface area contributed by atoms with Crippen molar-refractivity contribution < 1.29 is 4.39 Å². The molecule has 0 radical (unpaired) electrons. The third kappa shape index (κ3) is 2.13. The van der Waals surface area contributed by atoms with Gasteiger partial charge in [0.05, 0.1) is 0 Å². The van der Waals surface area contributed by atoms with Crippen LogP contribution in [0.3, 0.4) is 0 Å². The fourth-order valence-electron chi connectivity index (χ4n) is 1.45. The number of hydrogen-bond donors (Lipinski definition) is 1. The zero-order chi connectivity index (χ0) is 10.8. The van der Waals surface area contributed by atoms with E-state index in [1.165, 1.54) is 6.07 Å². The van der Waals surface area contributed by atoms with Crippen molar-refractivity contribution in [3.05, 3.63) is 52.4 Å². The molecule has 15 heavy (non-hydrogen) atoms. The zero-order valence-corrected chi connectivity index (χ0v) is 9.07. The Labute approximate surface area is 92.6 Å². The van der Waals surface area contributed by atoms with Gasteiger partial charge >= 0.3 is 0 Å². The summed E-state index contributed by atoms with van der Waals surface area (Å²) in [6.07, 6.45) is 1.72. The van der Waals surface area contributed by atoms with Gasteiger partial charge in [0.25, 0.3) is 0 Å². The quantitative estimate of drug-likeness (QED) is 0.720. The SMILES string of the molecule is Cc1ccc(F)c(-c2cc(=S)cc[nH]2)c1. The van der Waals surface area contributed by atoms with Gasteiger partial charge in [0, 0.05) is 22.0 Å². The molecule has 0 amide bonds. The molecule has 0 spiro atoms. The van der Waals surface area contributed by atoms with Crippen LogP contribution in [-0.4, -0.2) is 4.98 Å². The second kappa shape index (κ2) is 3.95. The lowest BCUT2D eigenvalue weighted by atomic mass is 10.1. The van der Waals surface area contributed by atoms with Gasteiger partial charge in [-0.1, -0.05) is 23.8 Å². The molecule has 0 atom stereocenters. The molecule has 0 bridgehead atoms. The summed E-state index contributed by atoms with van der Waals surface area (Å²) in [5, 5.41) is 0. The molecule has 1 nitrogen and oxygen atoms in total. The van der Waals surface area contributed by atoms with Gasteiger partial charge in [-0.3, -0.25) is 0 Å². The highest BCUT2D eigenvalue weighted by atomic mass is 32.1. The van der Waals surface area contributed by atoms with Gasteiger partial charge in [-0.15, -0.1) is 0 Å². The van der Waals surface area contributed by atoms with Crippen molar-refractivity contribution in [2.75, 3.05) is 0 Å². The zero-order valence-electron chi connectivity index (χ0n) is 8.25. The van der Waals surface area contributed by atoms with Crippen LogP contribution in [0, 0.1) is 17.3 Å². The van der Waals surface area contributed by atoms with E-state index in [-0.39, 0.29) is 5.82 Å². The average molecular weight is 219 g/mol. The lowest BCUT2D eigenvalue weighted by Crippen LogP contribution is -1.88. The normalized spacial score (nSPS) is 10.3. The predicted octanol–water partition coefficient (Wildman–Crippen LogP) is 3.86. The molecular weight excluding hydrogens is 209 g/mol. The molecule has 2 rings (SSSR count). The number of nitrogens with one attached hydrogen (secondary N) is 1. The molecule has 0 aliphatic carbocycles. The van der Waals surface area contributed by atoms with E-state index >= 15 is 0 Å². The van der Waals surface area contributed by atoms with Crippen LogP contribution in [0.25, 0.3) is 11.3 Å². The molecule has 0 saturated carbocycles. The van der Waals surface area contributed by atoms with Gasteiger partial charge in [0.1, 0.15) is 5.82 Å². The number of H-pyrrole nitrogens is 1. The van der Waals surface area contributed by atoms with Crippen LogP contribution >= 0.6 is 12.2 Å². The number of aryl methyl sites for hydroxylation is 1. The Balaban J connectivity index is 2.63. The molecule has 0 aliphatic heterocycles. The Morgan fingerprint density at radius 3 is 2.73 bits per heavy atom. The summed E-state index contributed by atoms with van der Waals surface area (Å²) in [4.78, 5) is 2.99. The van der Waals surface area contributed by atoms with E-state index in [1.807, 2.05) is 6.92 Å². The monoisotopic (exact) mass is 219 g/mol. The van der Waals surface area contributed by atoms with Gasteiger partial charge in [-0.25, -0.2) is 4.39 Å². The molecule has 0 saturated heterocycles. The molecule has 1 aromatic carbocycles. The Bertz CT molecular complexity index is 545. The summed E-state index contributed by atoms with van der Waals surface area (Å²) in [6.45, 7) is 1.93. The second-order valence-electron chi connectivity index (χ2n) is 3.42. The van der Waals surface area contributed by atoms with Gasteiger partial charge < -0.3 is 4.98 Å². The maximum absolute atomic E-state index is 13.5. The Morgan fingerprint density at radius 1 is 1.20 bits per heavy atom. The van der Waals surface area contributed by atoms with E-state index in [4.69, 9.17) is 12.2 Å². The molecule has 1 heterocycles. The van der Waals surface area contributed by atoms with Crippen LogP contribution in [0.4, 0.5) is 4.39 Å². The van der Waals surface area contributed by atoms with Crippen molar-refractivity contribution in [3.63, 3.8) is 0 Å². The van der Waals surface area contributed by atoms with Gasteiger partial charge in [0.15, 0.2) is 0 Å². The topological polar surface area (TPSA) is 15.8 Å². The fraction of sp³-hybridized carbons (Fsp3) is 0.0833. The van der Waals surface area contributed by atoms with Crippen LogP contribution in [0.1, 0.15) is 5.56 Å². The van der Waals surface area contributed by atoms with Gasteiger partial charge in [-0.05, 0) is 31.2 Å². The molecular formula is C12H10FNS. The Hall–Kier alpha value is -1.48. The molecule has 0 aliphatic rings. The van der Waals surface area contributed by atoms with E-state index in [0.717, 1.165) is 5.56 Å². The number of rotatable bonds is 1. The second-order valence-corrected chi connectivity index (χ2v) is 3.89. The summed E-state index contributed by atoms with van der Waals surface area (Å²) >= 11 is 5.03. The van der Waals surface area contributed by atoms with Crippen LogP contribution in [0.2, 0.25) is 0 Å². The first kappa shape index (κ1) is 10.1. The first-order valence-electron chi connectivity index (χ1n) is 4.62. The number of hydrogen-bond acceptors (Lipinski definition) is 1. The number of aromatic amines is 1. The van der Waals surface area contributed by atoms with E-state index in [9.17, 15) is 4.39 Å². The minimum Gasteiger partial charge on any atom is -0.361 e. The number of aromatic nitrogens is 1. The summed E-state index contributed by atoms with van der Waals surface area (Å²) in [6, 6.07) is 8.54. The molecule has 76 valence electrons. The van der Waals surface area contributed by atoms with Crippen molar-refractivity contribution >= 4 is 12.2 Å². The van der Waals surface area contributed by atoms with E-state index in [1.54, 1.807) is 30.5 Å². The number of benzene rings is 1. The molecule has 2 aromatic rings. The number of halogens is 1. The first-order chi connectivity index (χ1) is 7.16. The third-order valence-electron chi connectivity index (χ3n) is 2.19. The van der Waals surface area contributed by atoms with Crippen molar-refractivity contribution in [2.45, 2.75) is 6.92 Å². The summed E-state index contributed by atoms with van der Waals surface area (Å²) in [5.74, 6) is -0.238. The minimum atomic E-state index is -0.238. The van der Waals surface area contributed by atoms with Gasteiger partial charge in [0.2, 0.25) is 0 Å². The van der Waals surface area contributed by atoms with Crippen LogP contribution in [0.15, 0.2) is 36.5 Å². The van der Waals surface area contributed by atoms with Crippen molar-refractivity contribution in [3.8, 4) is 11.3 Å². The van der Waals surface area contributed by atoms with Crippen LogP contribution in [0.5, 0.6) is 0 Å². The van der Waals surface area contributed by atoms with Crippen molar-refractivity contribution in [1.29, 1.82) is 0 Å². The minimum absolute atomic E-state index is 0.238. The molecule has 0 fully saturated rings. The van der Waals surface area contributed by atoms with Crippen molar-refractivity contribution in [2.24, 2.45) is 0 Å². The van der Waals surface area contributed by atoms with E-state index < -0.39 is 0 Å². The largest absolute Gasteiger partial charge is 0.361 e. The average Bonchev–Trinajstić information content (AvgIpc) is 2.22. The van der Waals surface area contributed by atoms with Crippen molar-refractivity contribution in [1.82, 2.24) is 4.98 Å². The lowest BCUT2D eigenvalue weighted by Gasteiger charge is -2.04. The van der Waals surface area contributed by atoms with E-state index in [0.29, 0.717) is 15.8 Å². The maximum atomic E-state index is 13.5. The third-order valence-corrected chi connectivity index (χ3v) is 2.44. The summed E-state index contributed by atoms with van der Waals surface area (Å²) in [7, 11) is 0. The highest BCUT2D eigenvalue weighted by Gasteiger charge is 2.04. The maximum Gasteiger partial charge on any atom is 0.132 e.